The average Bonchev–Trinajstić information content (AvgIpc) is 2.38. The van der Waals surface area contributed by atoms with Gasteiger partial charge in [0, 0.05) is 0 Å². The van der Waals surface area contributed by atoms with Gasteiger partial charge in [0.25, 0.3) is 0 Å². The SMILES string of the molecule is CCOC(=O)C(C)C1=CC[C@@H](C)c2ccc(C)cc21. The summed E-state index contributed by atoms with van der Waals surface area (Å²) in [5.74, 6) is 0.206. The number of rotatable bonds is 3. The molecule has 1 aromatic carbocycles. The number of hydrogen-bond acceptors (Lipinski definition) is 2. The van der Waals surface area contributed by atoms with E-state index in [1.807, 2.05) is 13.8 Å². The standard InChI is InChI=1S/C17H22O2/c1-5-19-17(18)13(4)15-9-7-12(3)14-8-6-11(2)10-16(14)15/h6,8-10,12-13H,5,7H2,1-4H3/t12-,13?/m1/s1. The Morgan fingerprint density at radius 1 is 1.47 bits per heavy atom. The lowest BCUT2D eigenvalue weighted by molar-refractivity contribution is -0.145. The maximum absolute atomic E-state index is 12.0. The van der Waals surface area contributed by atoms with Crippen LogP contribution in [0.4, 0.5) is 0 Å². The Balaban J connectivity index is 2.38. The highest BCUT2D eigenvalue weighted by molar-refractivity contribution is 5.89. The first-order chi connectivity index (χ1) is 9.04. The third-order valence-corrected chi connectivity index (χ3v) is 3.85. The van der Waals surface area contributed by atoms with Crippen molar-refractivity contribution in [1.82, 2.24) is 0 Å². The number of allylic oxidation sites excluding steroid dienone is 1. The van der Waals surface area contributed by atoms with Gasteiger partial charge >= 0.3 is 5.97 Å². The van der Waals surface area contributed by atoms with Crippen LogP contribution in [0.5, 0.6) is 0 Å². The summed E-state index contributed by atoms with van der Waals surface area (Å²) in [7, 11) is 0. The van der Waals surface area contributed by atoms with E-state index in [9.17, 15) is 4.79 Å². The van der Waals surface area contributed by atoms with E-state index in [4.69, 9.17) is 4.74 Å². The molecule has 0 spiro atoms. The minimum Gasteiger partial charge on any atom is -0.466 e. The monoisotopic (exact) mass is 258 g/mol. The van der Waals surface area contributed by atoms with Gasteiger partial charge in [-0.05, 0) is 49.8 Å². The summed E-state index contributed by atoms with van der Waals surface area (Å²) >= 11 is 0. The third kappa shape index (κ3) is 2.73. The molecule has 2 nitrogen and oxygen atoms in total. The number of carbonyl (C=O) groups is 1. The first-order valence-electron chi connectivity index (χ1n) is 7.02. The third-order valence-electron chi connectivity index (χ3n) is 3.85. The van der Waals surface area contributed by atoms with Gasteiger partial charge in [-0.25, -0.2) is 0 Å². The Morgan fingerprint density at radius 2 is 2.21 bits per heavy atom. The van der Waals surface area contributed by atoms with Crippen LogP contribution < -0.4 is 0 Å². The van der Waals surface area contributed by atoms with Gasteiger partial charge in [0.1, 0.15) is 0 Å². The van der Waals surface area contributed by atoms with E-state index in [0.717, 1.165) is 12.0 Å². The summed E-state index contributed by atoms with van der Waals surface area (Å²) in [5.41, 5.74) is 4.92. The number of hydrogen-bond donors (Lipinski definition) is 0. The van der Waals surface area contributed by atoms with E-state index in [1.54, 1.807) is 0 Å². The van der Waals surface area contributed by atoms with Crippen molar-refractivity contribution in [3.05, 3.63) is 41.0 Å². The summed E-state index contributed by atoms with van der Waals surface area (Å²) in [6, 6.07) is 6.53. The molecule has 2 rings (SSSR count). The maximum atomic E-state index is 12.0. The van der Waals surface area contributed by atoms with Crippen molar-refractivity contribution in [2.75, 3.05) is 6.61 Å². The van der Waals surface area contributed by atoms with E-state index in [-0.39, 0.29) is 11.9 Å². The van der Waals surface area contributed by atoms with Crippen LogP contribution in [0.3, 0.4) is 0 Å². The molecule has 0 heterocycles. The van der Waals surface area contributed by atoms with Gasteiger partial charge in [-0.2, -0.15) is 0 Å². The normalized spacial score (nSPS) is 19.4. The Labute approximate surface area is 115 Å². The van der Waals surface area contributed by atoms with Crippen molar-refractivity contribution in [1.29, 1.82) is 0 Å². The van der Waals surface area contributed by atoms with Crippen LogP contribution in [-0.4, -0.2) is 12.6 Å². The van der Waals surface area contributed by atoms with E-state index < -0.39 is 0 Å². The molecule has 0 aliphatic heterocycles. The minimum atomic E-state index is -0.187. The fourth-order valence-electron chi connectivity index (χ4n) is 2.69. The van der Waals surface area contributed by atoms with E-state index in [2.05, 4.69) is 38.1 Å². The van der Waals surface area contributed by atoms with Gasteiger partial charge in [-0.1, -0.05) is 36.8 Å². The first-order valence-corrected chi connectivity index (χ1v) is 7.02. The van der Waals surface area contributed by atoms with Crippen LogP contribution in [0, 0.1) is 12.8 Å². The van der Waals surface area contributed by atoms with Crippen LogP contribution in [0.15, 0.2) is 24.3 Å². The Morgan fingerprint density at radius 3 is 2.89 bits per heavy atom. The summed E-state index contributed by atoms with van der Waals surface area (Å²) in [4.78, 5) is 12.0. The molecule has 0 aromatic heterocycles. The molecule has 1 unspecified atom stereocenters. The molecular weight excluding hydrogens is 236 g/mol. The quantitative estimate of drug-likeness (QED) is 0.763. The van der Waals surface area contributed by atoms with Crippen LogP contribution in [0.1, 0.15) is 49.8 Å². The number of fused-ring (bicyclic) bond motifs is 1. The Bertz CT molecular complexity index is 514. The second-order valence-electron chi connectivity index (χ2n) is 5.36. The van der Waals surface area contributed by atoms with E-state index in [1.165, 1.54) is 16.7 Å². The van der Waals surface area contributed by atoms with Crippen LogP contribution in [0.2, 0.25) is 0 Å². The number of ether oxygens (including phenoxy) is 1. The topological polar surface area (TPSA) is 26.3 Å². The van der Waals surface area contributed by atoms with Gasteiger partial charge < -0.3 is 4.74 Å². The summed E-state index contributed by atoms with van der Waals surface area (Å²) in [6.45, 7) is 8.54. The Kier molecular flexibility index (Phi) is 4.08. The van der Waals surface area contributed by atoms with Gasteiger partial charge in [0.15, 0.2) is 0 Å². The van der Waals surface area contributed by atoms with Crippen molar-refractivity contribution < 1.29 is 9.53 Å². The number of benzene rings is 1. The zero-order valence-corrected chi connectivity index (χ0v) is 12.2. The van der Waals surface area contributed by atoms with Crippen LogP contribution in [0.25, 0.3) is 5.57 Å². The molecule has 1 aliphatic carbocycles. The lowest BCUT2D eigenvalue weighted by Crippen LogP contribution is -2.19. The van der Waals surface area contributed by atoms with Crippen LogP contribution in [-0.2, 0) is 9.53 Å². The second kappa shape index (κ2) is 5.60. The van der Waals surface area contributed by atoms with E-state index >= 15 is 0 Å². The minimum absolute atomic E-state index is 0.129. The van der Waals surface area contributed by atoms with Crippen LogP contribution >= 0.6 is 0 Å². The fraction of sp³-hybridized carbons (Fsp3) is 0.471. The zero-order chi connectivity index (χ0) is 14.0. The molecule has 19 heavy (non-hydrogen) atoms. The lowest BCUT2D eigenvalue weighted by atomic mass is 9.79. The Hall–Kier alpha value is -1.57. The van der Waals surface area contributed by atoms with Gasteiger partial charge in [-0.3, -0.25) is 4.79 Å². The highest BCUT2D eigenvalue weighted by Crippen LogP contribution is 2.38. The van der Waals surface area contributed by atoms with E-state index in [0.29, 0.717) is 12.5 Å². The number of carbonyl (C=O) groups excluding carboxylic acids is 1. The molecule has 0 saturated carbocycles. The molecule has 102 valence electrons. The van der Waals surface area contributed by atoms with Crippen molar-refractivity contribution in [3.63, 3.8) is 0 Å². The molecule has 2 atom stereocenters. The van der Waals surface area contributed by atoms with Gasteiger partial charge in [0.2, 0.25) is 0 Å². The van der Waals surface area contributed by atoms with Crippen molar-refractivity contribution in [2.45, 2.75) is 40.0 Å². The van der Waals surface area contributed by atoms with Crippen molar-refractivity contribution in [2.24, 2.45) is 5.92 Å². The smallest absolute Gasteiger partial charge is 0.313 e. The number of esters is 1. The van der Waals surface area contributed by atoms with Crippen molar-refractivity contribution >= 4 is 11.5 Å². The molecule has 2 heteroatoms. The maximum Gasteiger partial charge on any atom is 0.313 e. The second-order valence-corrected chi connectivity index (χ2v) is 5.36. The molecule has 0 bridgehead atoms. The molecule has 1 aliphatic rings. The molecule has 0 amide bonds. The zero-order valence-electron chi connectivity index (χ0n) is 12.2. The highest BCUT2D eigenvalue weighted by atomic mass is 16.5. The molecule has 0 fully saturated rings. The highest BCUT2D eigenvalue weighted by Gasteiger charge is 2.26. The first kappa shape index (κ1) is 13.9. The molecular formula is C17H22O2. The fourth-order valence-corrected chi connectivity index (χ4v) is 2.69. The summed E-state index contributed by atoms with van der Waals surface area (Å²) < 4.78 is 5.15. The molecule has 1 aromatic rings. The molecule has 0 radical (unpaired) electrons. The average molecular weight is 258 g/mol. The lowest BCUT2D eigenvalue weighted by Gasteiger charge is -2.26. The summed E-state index contributed by atoms with van der Waals surface area (Å²) in [6.07, 6.45) is 3.20. The van der Waals surface area contributed by atoms with Gasteiger partial charge in [0.05, 0.1) is 12.5 Å². The number of aryl methyl sites for hydroxylation is 1. The largest absolute Gasteiger partial charge is 0.466 e. The predicted octanol–water partition coefficient (Wildman–Crippen LogP) is 4.08. The van der Waals surface area contributed by atoms with Crippen molar-refractivity contribution in [3.8, 4) is 0 Å². The van der Waals surface area contributed by atoms with Gasteiger partial charge in [-0.15, -0.1) is 0 Å². The molecule has 0 saturated heterocycles. The summed E-state index contributed by atoms with van der Waals surface area (Å²) in [5, 5.41) is 0. The molecule has 0 N–H and O–H groups in total. The predicted molar refractivity (Wildman–Crippen MR) is 78.0 cm³/mol.